The summed E-state index contributed by atoms with van der Waals surface area (Å²) in [4.78, 5) is 54.8. The first-order valence-electron chi connectivity index (χ1n) is 15.5. The average Bonchev–Trinajstić information content (AvgIpc) is 3.55. The summed E-state index contributed by atoms with van der Waals surface area (Å²) in [6.07, 6.45) is 5.15. The highest BCUT2D eigenvalue weighted by Gasteiger charge is 2.61. The summed E-state index contributed by atoms with van der Waals surface area (Å²) in [6.45, 7) is 9.08. The van der Waals surface area contributed by atoms with Crippen molar-refractivity contribution >= 4 is 34.6 Å². The molecule has 10 nitrogen and oxygen atoms in total. The van der Waals surface area contributed by atoms with Crippen LogP contribution in [-0.2, 0) is 19.1 Å². The van der Waals surface area contributed by atoms with Crippen molar-refractivity contribution < 1.29 is 33.8 Å². The summed E-state index contributed by atoms with van der Waals surface area (Å²) < 4.78 is 12.0. The van der Waals surface area contributed by atoms with Crippen LogP contribution in [0.15, 0.2) is 55.1 Å². The first-order valence-corrected chi connectivity index (χ1v) is 15.5. The van der Waals surface area contributed by atoms with Crippen LogP contribution in [0.1, 0.15) is 65.7 Å². The normalized spacial score (nSPS) is 26.0. The van der Waals surface area contributed by atoms with Crippen LogP contribution in [0.25, 0.3) is 10.8 Å². The topological polar surface area (TPSA) is 134 Å². The van der Waals surface area contributed by atoms with Crippen molar-refractivity contribution in [3.05, 3.63) is 55.1 Å². The minimum absolute atomic E-state index is 0.102. The van der Waals surface area contributed by atoms with Gasteiger partial charge in [0.05, 0.1) is 6.54 Å². The molecule has 1 saturated heterocycles. The molecule has 3 amide bonds. The Kier molecular flexibility index (Phi) is 8.90. The fourth-order valence-corrected chi connectivity index (χ4v) is 6.63. The monoisotopic (exact) mass is 605 g/mol. The summed E-state index contributed by atoms with van der Waals surface area (Å²) in [5, 5.41) is 17.4. The van der Waals surface area contributed by atoms with E-state index in [1.165, 1.54) is 11.0 Å². The molecule has 3 fully saturated rings. The smallest absolute Gasteiger partial charge is 0.408 e. The Morgan fingerprint density at radius 1 is 1.07 bits per heavy atom. The number of fused-ring (bicyclic) bond motifs is 1. The van der Waals surface area contributed by atoms with Crippen molar-refractivity contribution in [3.63, 3.8) is 0 Å². The number of hydrogen-bond donors (Lipinski definition) is 3. The lowest BCUT2D eigenvalue weighted by Gasteiger charge is -2.35. The van der Waals surface area contributed by atoms with Gasteiger partial charge in [-0.1, -0.05) is 61.7 Å². The van der Waals surface area contributed by atoms with Gasteiger partial charge in [-0.3, -0.25) is 9.59 Å². The summed E-state index contributed by atoms with van der Waals surface area (Å²) >= 11 is 0. The lowest BCUT2D eigenvalue weighted by molar-refractivity contribution is -0.146. The Labute approximate surface area is 258 Å². The number of rotatable bonds is 9. The molecule has 44 heavy (non-hydrogen) atoms. The maximum absolute atomic E-state index is 14.4. The third-order valence-electron chi connectivity index (χ3n) is 8.98. The Hall–Kier alpha value is -4.08. The third kappa shape index (κ3) is 6.69. The summed E-state index contributed by atoms with van der Waals surface area (Å²) in [5.74, 6) is -1.98. The number of amides is 3. The molecule has 0 unspecified atom stereocenters. The van der Waals surface area contributed by atoms with E-state index in [0.29, 0.717) is 5.75 Å². The van der Waals surface area contributed by atoms with Gasteiger partial charge in [-0.15, -0.1) is 6.58 Å². The van der Waals surface area contributed by atoms with Gasteiger partial charge in [-0.05, 0) is 57.4 Å². The van der Waals surface area contributed by atoms with Gasteiger partial charge in [0.25, 0.3) is 0 Å². The number of hydrogen-bond acceptors (Lipinski definition) is 6. The molecule has 3 N–H and O–H groups in total. The van der Waals surface area contributed by atoms with E-state index in [4.69, 9.17) is 9.47 Å². The van der Waals surface area contributed by atoms with Gasteiger partial charge in [0, 0.05) is 17.7 Å². The standard InChI is InChI=1S/C34H43N3O7/c1-5-23-19-34(23,31(40)41)36-29(38)26-18-24(43-27-17-11-15-21-12-9-10-16-25(21)27)20-37(26)30(39)28(22-13-7-6-8-14-22)35-32(42)44-33(2,3)4/h5,9-12,15-17,22-24,26,28H,1,6-8,13-14,18-20H2,2-4H3,(H,35,42)(H,36,38)(H,40,41)/t23-,24+,26-,28-,34+/m0/s1. The lowest BCUT2D eigenvalue weighted by Crippen LogP contribution is -2.58. The van der Waals surface area contributed by atoms with Crippen molar-refractivity contribution in [1.82, 2.24) is 15.5 Å². The van der Waals surface area contributed by atoms with Crippen molar-refractivity contribution in [3.8, 4) is 5.75 Å². The van der Waals surface area contributed by atoms with E-state index >= 15 is 0 Å². The molecule has 0 bridgehead atoms. The Morgan fingerprint density at radius 3 is 2.43 bits per heavy atom. The summed E-state index contributed by atoms with van der Waals surface area (Å²) in [7, 11) is 0. The Morgan fingerprint density at radius 2 is 1.77 bits per heavy atom. The predicted octanol–water partition coefficient (Wildman–Crippen LogP) is 4.81. The number of benzene rings is 2. The van der Waals surface area contributed by atoms with Crippen molar-refractivity contribution in [2.75, 3.05) is 6.54 Å². The summed E-state index contributed by atoms with van der Waals surface area (Å²) in [6, 6.07) is 11.6. The number of carbonyl (C=O) groups excluding carboxylic acids is 3. The maximum atomic E-state index is 14.4. The molecular weight excluding hydrogens is 562 g/mol. The molecule has 1 aliphatic heterocycles. The highest BCUT2D eigenvalue weighted by molar-refractivity contribution is 5.96. The molecule has 2 aromatic carbocycles. The molecule has 2 aliphatic carbocycles. The molecular formula is C34H43N3O7. The first-order chi connectivity index (χ1) is 20.9. The molecule has 2 saturated carbocycles. The van der Waals surface area contributed by atoms with Crippen LogP contribution in [0.3, 0.4) is 0 Å². The van der Waals surface area contributed by atoms with Gasteiger partial charge in [-0.25, -0.2) is 9.59 Å². The van der Waals surface area contributed by atoms with Gasteiger partial charge in [0.2, 0.25) is 11.8 Å². The van der Waals surface area contributed by atoms with Crippen molar-refractivity contribution in [2.45, 2.75) is 95.0 Å². The number of ether oxygens (including phenoxy) is 2. The van der Waals surface area contributed by atoms with E-state index < -0.39 is 59.1 Å². The molecule has 5 atom stereocenters. The van der Waals surface area contributed by atoms with E-state index in [1.54, 1.807) is 20.8 Å². The summed E-state index contributed by atoms with van der Waals surface area (Å²) in [5.41, 5.74) is -2.20. The predicted molar refractivity (Wildman–Crippen MR) is 165 cm³/mol. The zero-order chi connectivity index (χ0) is 31.6. The van der Waals surface area contributed by atoms with Crippen molar-refractivity contribution in [1.29, 1.82) is 0 Å². The molecule has 3 aliphatic rings. The number of alkyl carbamates (subject to hydrolysis) is 1. The van der Waals surface area contributed by atoms with Gasteiger partial charge >= 0.3 is 12.1 Å². The van der Waals surface area contributed by atoms with Gasteiger partial charge in [0.1, 0.15) is 35.1 Å². The lowest BCUT2D eigenvalue weighted by atomic mass is 9.83. The van der Waals surface area contributed by atoms with Crippen LogP contribution in [-0.4, -0.2) is 69.8 Å². The molecule has 1 heterocycles. The molecule has 0 radical (unpaired) electrons. The second-order valence-electron chi connectivity index (χ2n) is 13.3. The van der Waals surface area contributed by atoms with E-state index in [0.717, 1.165) is 42.9 Å². The molecule has 5 rings (SSSR count). The van der Waals surface area contributed by atoms with Gasteiger partial charge < -0.3 is 30.1 Å². The number of nitrogens with one attached hydrogen (secondary N) is 2. The fourth-order valence-electron chi connectivity index (χ4n) is 6.63. The second-order valence-corrected chi connectivity index (χ2v) is 13.3. The average molecular weight is 606 g/mol. The second kappa shape index (κ2) is 12.5. The molecule has 236 valence electrons. The molecule has 0 aromatic heterocycles. The largest absolute Gasteiger partial charge is 0.488 e. The number of likely N-dealkylation sites (tertiary alicyclic amines) is 1. The molecule has 10 heteroatoms. The zero-order valence-corrected chi connectivity index (χ0v) is 25.7. The molecule has 2 aromatic rings. The number of carbonyl (C=O) groups is 4. The highest BCUT2D eigenvalue weighted by atomic mass is 16.6. The van der Waals surface area contributed by atoms with E-state index in [2.05, 4.69) is 17.2 Å². The van der Waals surface area contributed by atoms with Crippen LogP contribution in [0.4, 0.5) is 4.79 Å². The number of aliphatic carboxylic acids is 1. The highest BCUT2D eigenvalue weighted by Crippen LogP contribution is 2.45. The third-order valence-corrected chi connectivity index (χ3v) is 8.98. The number of carboxylic acids is 1. The first kappa shape index (κ1) is 31.3. The number of nitrogens with zero attached hydrogens (tertiary/aromatic N) is 1. The minimum Gasteiger partial charge on any atom is -0.488 e. The quantitative estimate of drug-likeness (QED) is 0.350. The van der Waals surface area contributed by atoms with Crippen LogP contribution >= 0.6 is 0 Å². The van der Waals surface area contributed by atoms with Crippen LogP contribution in [0.2, 0.25) is 0 Å². The SMILES string of the molecule is C=C[C@H]1C[C@]1(NC(=O)[C@@H]1C[C@@H](Oc2cccc3ccccc23)CN1C(=O)[C@@H](NC(=O)OC(C)(C)C)C1CCCCC1)C(=O)O. The van der Waals surface area contributed by atoms with Gasteiger partial charge in [-0.2, -0.15) is 0 Å². The van der Waals surface area contributed by atoms with Crippen LogP contribution in [0.5, 0.6) is 5.75 Å². The van der Waals surface area contributed by atoms with E-state index in [-0.39, 0.29) is 25.3 Å². The maximum Gasteiger partial charge on any atom is 0.408 e. The number of carboxylic acid groups (broad SMARTS) is 1. The fraction of sp³-hybridized carbons (Fsp3) is 0.529. The van der Waals surface area contributed by atoms with Crippen molar-refractivity contribution in [2.24, 2.45) is 11.8 Å². The zero-order valence-electron chi connectivity index (χ0n) is 25.7. The van der Waals surface area contributed by atoms with Crippen LogP contribution < -0.4 is 15.4 Å². The van der Waals surface area contributed by atoms with Gasteiger partial charge in [0.15, 0.2) is 0 Å². The Balaban J connectivity index is 1.43. The molecule has 0 spiro atoms. The Bertz CT molecular complexity index is 1420. The minimum atomic E-state index is -1.44. The van der Waals surface area contributed by atoms with Crippen LogP contribution in [0, 0.1) is 11.8 Å². The van der Waals surface area contributed by atoms with E-state index in [9.17, 15) is 24.3 Å². The van der Waals surface area contributed by atoms with E-state index in [1.807, 2.05) is 42.5 Å².